The van der Waals surface area contributed by atoms with Gasteiger partial charge in [0.05, 0.1) is 0 Å². The minimum atomic E-state index is -0.381. The second-order valence-electron chi connectivity index (χ2n) is 3.49. The van der Waals surface area contributed by atoms with Crippen LogP contribution in [0.25, 0.3) is 5.57 Å². The van der Waals surface area contributed by atoms with Crippen molar-refractivity contribution in [1.82, 2.24) is 0 Å². The summed E-state index contributed by atoms with van der Waals surface area (Å²) in [7, 11) is 0. The van der Waals surface area contributed by atoms with Gasteiger partial charge in [-0.1, -0.05) is 18.2 Å². The number of hydrogen-bond acceptors (Lipinski definition) is 2. The van der Waals surface area contributed by atoms with Crippen LogP contribution >= 0.6 is 0 Å². The van der Waals surface area contributed by atoms with Gasteiger partial charge < -0.3 is 4.74 Å². The molecule has 0 N–H and O–H groups in total. The van der Waals surface area contributed by atoms with Crippen LogP contribution < -0.4 is 4.74 Å². The summed E-state index contributed by atoms with van der Waals surface area (Å²) in [6.07, 6.45) is 1.27. The van der Waals surface area contributed by atoms with Crippen molar-refractivity contribution in [1.29, 1.82) is 0 Å². The smallest absolute Gasteiger partial charge is 0.196 e. The van der Waals surface area contributed by atoms with E-state index in [0.29, 0.717) is 0 Å². The second-order valence-corrected chi connectivity index (χ2v) is 3.49. The number of rotatable bonds is 0. The summed E-state index contributed by atoms with van der Waals surface area (Å²) in [5, 5.41) is 0. The van der Waals surface area contributed by atoms with Gasteiger partial charge in [-0.2, -0.15) is 0 Å². The summed E-state index contributed by atoms with van der Waals surface area (Å²) >= 11 is 0. The molecule has 0 saturated carbocycles. The molecule has 1 heterocycles. The van der Waals surface area contributed by atoms with Crippen LogP contribution in [0, 0.1) is 0 Å². The lowest BCUT2D eigenvalue weighted by molar-refractivity contribution is -0.120. The zero-order valence-electron chi connectivity index (χ0n) is 8.28. The Morgan fingerprint density at radius 3 is 2.79 bits per heavy atom. The first kappa shape index (κ1) is 9.00. The van der Waals surface area contributed by atoms with E-state index in [2.05, 4.69) is 0 Å². The molecule has 72 valence electrons. The van der Waals surface area contributed by atoms with Gasteiger partial charge in [-0.05, 0) is 31.6 Å². The molecule has 1 aromatic rings. The topological polar surface area (TPSA) is 26.3 Å². The lowest BCUT2D eigenvalue weighted by Crippen LogP contribution is -2.20. The summed E-state index contributed by atoms with van der Waals surface area (Å²) in [6, 6.07) is 7.71. The molecule has 2 rings (SSSR count). The molecule has 1 aromatic carbocycles. The molecule has 0 amide bonds. The lowest BCUT2D eigenvalue weighted by Gasteiger charge is -2.11. The van der Waals surface area contributed by atoms with Crippen molar-refractivity contribution in [3.8, 4) is 5.75 Å². The largest absolute Gasteiger partial charge is 0.482 e. The first-order valence-corrected chi connectivity index (χ1v) is 4.66. The first-order chi connectivity index (χ1) is 6.68. The van der Waals surface area contributed by atoms with E-state index in [-0.39, 0.29) is 11.9 Å². The van der Waals surface area contributed by atoms with Crippen molar-refractivity contribution in [2.75, 3.05) is 0 Å². The normalized spacial score (nSPS) is 20.6. The van der Waals surface area contributed by atoms with Crippen LogP contribution in [-0.4, -0.2) is 11.9 Å². The van der Waals surface area contributed by atoms with Crippen molar-refractivity contribution in [2.24, 2.45) is 0 Å². The third-order valence-electron chi connectivity index (χ3n) is 2.38. The quantitative estimate of drug-likeness (QED) is 0.625. The van der Waals surface area contributed by atoms with Crippen LogP contribution in [0.5, 0.6) is 5.75 Å². The molecule has 0 bridgehead atoms. The van der Waals surface area contributed by atoms with Gasteiger partial charge in [0.15, 0.2) is 11.9 Å². The van der Waals surface area contributed by atoms with E-state index in [9.17, 15) is 4.79 Å². The average molecular weight is 188 g/mol. The highest BCUT2D eigenvalue weighted by Crippen LogP contribution is 2.29. The van der Waals surface area contributed by atoms with E-state index in [1.807, 2.05) is 31.2 Å². The Morgan fingerprint density at radius 2 is 2.00 bits per heavy atom. The fraction of sp³-hybridized carbons (Fsp3) is 0.250. The monoisotopic (exact) mass is 188 g/mol. The summed E-state index contributed by atoms with van der Waals surface area (Å²) in [6.45, 7) is 3.70. The molecule has 1 aliphatic heterocycles. The predicted molar refractivity (Wildman–Crippen MR) is 55.2 cm³/mol. The first-order valence-electron chi connectivity index (χ1n) is 4.66. The average Bonchev–Trinajstić information content (AvgIpc) is 2.27. The number of ether oxygens (including phenoxy) is 1. The van der Waals surface area contributed by atoms with E-state index >= 15 is 0 Å². The standard InChI is InChI=1S/C12H12O2/c1-8-7-11(13)9(2)14-12-6-4-3-5-10(8)12/h3-7,9H,1-2H3. The maximum atomic E-state index is 11.5. The van der Waals surface area contributed by atoms with Gasteiger partial charge in [0.1, 0.15) is 5.75 Å². The van der Waals surface area contributed by atoms with Crippen molar-refractivity contribution >= 4 is 11.4 Å². The third-order valence-corrected chi connectivity index (χ3v) is 2.38. The van der Waals surface area contributed by atoms with Crippen molar-refractivity contribution < 1.29 is 9.53 Å². The summed E-state index contributed by atoms with van der Waals surface area (Å²) in [4.78, 5) is 11.5. The van der Waals surface area contributed by atoms with Gasteiger partial charge >= 0.3 is 0 Å². The molecule has 1 aliphatic rings. The lowest BCUT2D eigenvalue weighted by atomic mass is 10.1. The highest BCUT2D eigenvalue weighted by atomic mass is 16.5. The minimum Gasteiger partial charge on any atom is -0.482 e. The molecule has 1 atom stereocenters. The van der Waals surface area contributed by atoms with E-state index in [0.717, 1.165) is 16.9 Å². The van der Waals surface area contributed by atoms with Crippen LogP contribution in [0.4, 0.5) is 0 Å². The number of carbonyl (C=O) groups is 1. The van der Waals surface area contributed by atoms with E-state index in [1.165, 1.54) is 0 Å². The molecule has 0 saturated heterocycles. The van der Waals surface area contributed by atoms with Gasteiger partial charge in [-0.3, -0.25) is 4.79 Å². The number of allylic oxidation sites excluding steroid dienone is 1. The number of para-hydroxylation sites is 1. The van der Waals surface area contributed by atoms with Gasteiger partial charge in [-0.15, -0.1) is 0 Å². The number of ketones is 1. The highest BCUT2D eigenvalue weighted by Gasteiger charge is 2.19. The Morgan fingerprint density at radius 1 is 1.29 bits per heavy atom. The molecule has 0 spiro atoms. The molecule has 2 heteroatoms. The molecule has 0 radical (unpaired) electrons. The van der Waals surface area contributed by atoms with Gasteiger partial charge in [-0.25, -0.2) is 0 Å². The SMILES string of the molecule is CC1=CC(=O)C(C)Oc2ccccc21. The molecule has 0 aliphatic carbocycles. The molecule has 0 aromatic heterocycles. The second kappa shape index (κ2) is 3.29. The Bertz CT molecular complexity index is 405. The molecule has 1 unspecified atom stereocenters. The van der Waals surface area contributed by atoms with Crippen molar-refractivity contribution in [3.63, 3.8) is 0 Å². The number of fused-ring (bicyclic) bond motifs is 1. The van der Waals surface area contributed by atoms with Crippen LogP contribution in [0.1, 0.15) is 19.4 Å². The van der Waals surface area contributed by atoms with E-state index in [4.69, 9.17) is 4.74 Å². The van der Waals surface area contributed by atoms with Crippen LogP contribution in [0.2, 0.25) is 0 Å². The third kappa shape index (κ3) is 1.43. The number of hydrogen-bond donors (Lipinski definition) is 0. The molecular formula is C12H12O2. The predicted octanol–water partition coefficient (Wildman–Crippen LogP) is 2.44. The zero-order valence-corrected chi connectivity index (χ0v) is 8.28. The van der Waals surface area contributed by atoms with Crippen molar-refractivity contribution in [2.45, 2.75) is 20.0 Å². The number of carbonyl (C=O) groups excluding carboxylic acids is 1. The van der Waals surface area contributed by atoms with Gasteiger partial charge in [0.2, 0.25) is 0 Å². The van der Waals surface area contributed by atoms with E-state index < -0.39 is 0 Å². The minimum absolute atomic E-state index is 0.0266. The molecular weight excluding hydrogens is 176 g/mol. The van der Waals surface area contributed by atoms with Crippen LogP contribution in [-0.2, 0) is 4.79 Å². The highest BCUT2D eigenvalue weighted by molar-refractivity contribution is 6.00. The van der Waals surface area contributed by atoms with E-state index in [1.54, 1.807) is 13.0 Å². The maximum Gasteiger partial charge on any atom is 0.196 e. The zero-order chi connectivity index (χ0) is 10.1. The Hall–Kier alpha value is -1.57. The fourth-order valence-electron chi connectivity index (χ4n) is 1.55. The summed E-state index contributed by atoms with van der Waals surface area (Å²) in [5.74, 6) is 0.818. The Labute approximate surface area is 83.2 Å². The van der Waals surface area contributed by atoms with Crippen LogP contribution in [0.15, 0.2) is 30.3 Å². The van der Waals surface area contributed by atoms with Crippen LogP contribution in [0.3, 0.4) is 0 Å². The Balaban J connectivity index is 2.55. The molecule has 0 fully saturated rings. The number of benzene rings is 1. The van der Waals surface area contributed by atoms with Gasteiger partial charge in [0, 0.05) is 5.56 Å². The Kier molecular flexibility index (Phi) is 2.12. The summed E-state index contributed by atoms with van der Waals surface area (Å²) < 4.78 is 5.54. The maximum absolute atomic E-state index is 11.5. The molecule has 2 nitrogen and oxygen atoms in total. The van der Waals surface area contributed by atoms with Crippen molar-refractivity contribution in [3.05, 3.63) is 35.9 Å². The van der Waals surface area contributed by atoms with Gasteiger partial charge in [0.25, 0.3) is 0 Å². The molecule has 14 heavy (non-hydrogen) atoms. The summed E-state index contributed by atoms with van der Waals surface area (Å²) in [5.41, 5.74) is 1.97. The fourth-order valence-corrected chi connectivity index (χ4v) is 1.55.